The summed E-state index contributed by atoms with van der Waals surface area (Å²) in [7, 11) is 0. The molecule has 5 heteroatoms. The Morgan fingerprint density at radius 1 is 1.53 bits per heavy atom. The summed E-state index contributed by atoms with van der Waals surface area (Å²) in [5.74, 6) is 0.493. The molecule has 0 aromatic rings. The summed E-state index contributed by atoms with van der Waals surface area (Å²) >= 11 is 0. The van der Waals surface area contributed by atoms with Crippen molar-refractivity contribution in [3.05, 3.63) is 0 Å². The Hall–Kier alpha value is -0.810. The second-order valence-electron chi connectivity index (χ2n) is 5.24. The standard InChI is InChI=1S/C14H28N2O3/c1-2-3-8-19-14(17)16-13(10-15)9-12-6-4-5-7-18-11-12/h12-13H,2-11,15H2,1H3,(H,16,17)/t12-,13+/m1/s1. The quantitative estimate of drug-likeness (QED) is 0.696. The topological polar surface area (TPSA) is 73.6 Å². The molecule has 5 nitrogen and oxygen atoms in total. The van der Waals surface area contributed by atoms with Crippen molar-refractivity contribution in [2.45, 2.75) is 51.5 Å². The number of unbranched alkanes of at least 4 members (excludes halogenated alkanes) is 1. The average Bonchev–Trinajstić information content (AvgIpc) is 2.67. The first kappa shape index (κ1) is 16.2. The summed E-state index contributed by atoms with van der Waals surface area (Å²) < 4.78 is 10.6. The molecule has 1 aliphatic rings. The number of hydrogen-bond donors (Lipinski definition) is 2. The first-order valence-electron chi connectivity index (χ1n) is 7.47. The third-order valence-electron chi connectivity index (χ3n) is 3.46. The summed E-state index contributed by atoms with van der Waals surface area (Å²) in [6.45, 7) is 4.63. The number of hydrogen-bond acceptors (Lipinski definition) is 4. The van der Waals surface area contributed by atoms with Gasteiger partial charge in [-0.15, -0.1) is 0 Å². The molecule has 0 aliphatic carbocycles. The van der Waals surface area contributed by atoms with E-state index in [2.05, 4.69) is 12.2 Å². The Morgan fingerprint density at radius 3 is 3.11 bits per heavy atom. The second kappa shape index (κ2) is 10.0. The van der Waals surface area contributed by atoms with E-state index in [1.54, 1.807) is 0 Å². The maximum Gasteiger partial charge on any atom is 0.407 e. The van der Waals surface area contributed by atoms with Crippen LogP contribution in [0, 0.1) is 5.92 Å². The van der Waals surface area contributed by atoms with Crippen LogP contribution in [0.5, 0.6) is 0 Å². The van der Waals surface area contributed by atoms with Crippen LogP contribution in [0.3, 0.4) is 0 Å². The number of nitrogens with two attached hydrogens (primary N) is 1. The fourth-order valence-corrected chi connectivity index (χ4v) is 2.29. The van der Waals surface area contributed by atoms with E-state index in [0.29, 0.717) is 19.1 Å². The molecular formula is C14H28N2O3. The monoisotopic (exact) mass is 272 g/mol. The van der Waals surface area contributed by atoms with Gasteiger partial charge in [-0.25, -0.2) is 4.79 Å². The lowest BCUT2D eigenvalue weighted by Gasteiger charge is -2.22. The van der Waals surface area contributed by atoms with Crippen LogP contribution in [0.2, 0.25) is 0 Å². The molecule has 1 rings (SSSR count). The average molecular weight is 272 g/mol. The van der Waals surface area contributed by atoms with Gasteiger partial charge in [0.15, 0.2) is 0 Å². The van der Waals surface area contributed by atoms with E-state index in [4.69, 9.17) is 15.2 Å². The van der Waals surface area contributed by atoms with E-state index in [9.17, 15) is 4.79 Å². The molecule has 0 radical (unpaired) electrons. The maximum absolute atomic E-state index is 11.6. The van der Waals surface area contributed by atoms with Crippen LogP contribution in [0.15, 0.2) is 0 Å². The van der Waals surface area contributed by atoms with Crippen molar-refractivity contribution in [1.29, 1.82) is 0 Å². The number of carbonyl (C=O) groups excluding carboxylic acids is 1. The van der Waals surface area contributed by atoms with Gasteiger partial charge in [0.2, 0.25) is 0 Å². The van der Waals surface area contributed by atoms with Crippen LogP contribution >= 0.6 is 0 Å². The summed E-state index contributed by atoms with van der Waals surface area (Å²) in [5, 5.41) is 2.85. The van der Waals surface area contributed by atoms with Crippen molar-refractivity contribution in [1.82, 2.24) is 5.32 Å². The zero-order valence-corrected chi connectivity index (χ0v) is 12.0. The van der Waals surface area contributed by atoms with E-state index < -0.39 is 0 Å². The normalized spacial score (nSPS) is 21.5. The van der Waals surface area contributed by atoms with Gasteiger partial charge < -0.3 is 20.5 Å². The highest BCUT2D eigenvalue weighted by Crippen LogP contribution is 2.18. The van der Waals surface area contributed by atoms with Gasteiger partial charge in [-0.05, 0) is 31.6 Å². The number of amides is 1. The van der Waals surface area contributed by atoms with Crippen LogP contribution in [0.25, 0.3) is 0 Å². The number of ether oxygens (including phenoxy) is 2. The molecule has 1 fully saturated rings. The Morgan fingerprint density at radius 2 is 2.37 bits per heavy atom. The van der Waals surface area contributed by atoms with Gasteiger partial charge in [-0.2, -0.15) is 0 Å². The molecule has 0 saturated carbocycles. The van der Waals surface area contributed by atoms with Crippen LogP contribution in [-0.4, -0.2) is 38.5 Å². The van der Waals surface area contributed by atoms with E-state index in [0.717, 1.165) is 45.3 Å². The third-order valence-corrected chi connectivity index (χ3v) is 3.46. The first-order valence-corrected chi connectivity index (χ1v) is 7.47. The van der Waals surface area contributed by atoms with E-state index in [1.165, 1.54) is 6.42 Å². The molecule has 0 spiro atoms. The van der Waals surface area contributed by atoms with E-state index >= 15 is 0 Å². The molecular weight excluding hydrogens is 244 g/mol. The molecule has 3 N–H and O–H groups in total. The number of alkyl carbamates (subject to hydrolysis) is 1. The Balaban J connectivity index is 2.25. The van der Waals surface area contributed by atoms with E-state index in [1.807, 2.05) is 0 Å². The van der Waals surface area contributed by atoms with Crippen molar-refractivity contribution in [3.8, 4) is 0 Å². The summed E-state index contributed by atoms with van der Waals surface area (Å²) in [6, 6.07) is -0.0131. The van der Waals surface area contributed by atoms with Crippen LogP contribution < -0.4 is 11.1 Å². The van der Waals surface area contributed by atoms with Gasteiger partial charge in [0.25, 0.3) is 0 Å². The highest BCUT2D eigenvalue weighted by molar-refractivity contribution is 5.67. The van der Waals surface area contributed by atoms with Gasteiger partial charge in [0, 0.05) is 25.8 Å². The Labute approximate surface area is 116 Å². The number of carbonyl (C=O) groups is 1. The Bertz CT molecular complexity index is 241. The molecule has 112 valence electrons. The zero-order valence-electron chi connectivity index (χ0n) is 12.0. The van der Waals surface area contributed by atoms with Crippen molar-refractivity contribution in [2.24, 2.45) is 11.7 Å². The maximum atomic E-state index is 11.6. The summed E-state index contributed by atoms with van der Waals surface area (Å²) in [4.78, 5) is 11.6. The lowest BCUT2D eigenvalue weighted by molar-refractivity contribution is 0.106. The molecule has 1 saturated heterocycles. The highest BCUT2D eigenvalue weighted by atomic mass is 16.5. The fourth-order valence-electron chi connectivity index (χ4n) is 2.29. The number of nitrogens with one attached hydrogen (secondary N) is 1. The molecule has 1 heterocycles. The third kappa shape index (κ3) is 7.38. The minimum absolute atomic E-state index is 0.0131. The molecule has 0 aromatic carbocycles. The molecule has 0 bridgehead atoms. The molecule has 0 aromatic heterocycles. The molecule has 1 amide bonds. The first-order chi connectivity index (χ1) is 9.26. The predicted molar refractivity (Wildman–Crippen MR) is 75.0 cm³/mol. The largest absolute Gasteiger partial charge is 0.450 e. The SMILES string of the molecule is CCCCOC(=O)N[C@H](CN)C[C@H]1CCCCOC1. The van der Waals surface area contributed by atoms with E-state index in [-0.39, 0.29) is 12.1 Å². The van der Waals surface area contributed by atoms with Crippen LogP contribution in [0.4, 0.5) is 4.79 Å². The van der Waals surface area contributed by atoms with Crippen LogP contribution in [-0.2, 0) is 9.47 Å². The second-order valence-corrected chi connectivity index (χ2v) is 5.24. The van der Waals surface area contributed by atoms with Gasteiger partial charge in [-0.3, -0.25) is 0 Å². The lowest BCUT2D eigenvalue weighted by Crippen LogP contribution is -2.42. The van der Waals surface area contributed by atoms with Crippen molar-refractivity contribution >= 4 is 6.09 Å². The molecule has 2 atom stereocenters. The summed E-state index contributed by atoms with van der Waals surface area (Å²) in [5.41, 5.74) is 5.72. The van der Waals surface area contributed by atoms with Gasteiger partial charge in [-0.1, -0.05) is 19.8 Å². The number of rotatable bonds is 7. The summed E-state index contributed by atoms with van der Waals surface area (Å²) in [6.07, 6.45) is 5.93. The van der Waals surface area contributed by atoms with Gasteiger partial charge in [0.1, 0.15) is 0 Å². The van der Waals surface area contributed by atoms with Crippen molar-refractivity contribution < 1.29 is 14.3 Å². The minimum atomic E-state index is -0.349. The van der Waals surface area contributed by atoms with Crippen LogP contribution in [0.1, 0.15) is 45.4 Å². The Kier molecular flexibility index (Phi) is 8.58. The van der Waals surface area contributed by atoms with Crippen molar-refractivity contribution in [3.63, 3.8) is 0 Å². The molecule has 19 heavy (non-hydrogen) atoms. The smallest absolute Gasteiger partial charge is 0.407 e. The highest BCUT2D eigenvalue weighted by Gasteiger charge is 2.19. The minimum Gasteiger partial charge on any atom is -0.450 e. The molecule has 1 aliphatic heterocycles. The zero-order chi connectivity index (χ0) is 13.9. The predicted octanol–water partition coefficient (Wildman–Crippen LogP) is 2.05. The van der Waals surface area contributed by atoms with Gasteiger partial charge in [0.05, 0.1) is 6.61 Å². The molecule has 0 unspecified atom stereocenters. The lowest BCUT2D eigenvalue weighted by atomic mass is 9.96. The van der Waals surface area contributed by atoms with Crippen molar-refractivity contribution in [2.75, 3.05) is 26.4 Å². The fraction of sp³-hybridized carbons (Fsp3) is 0.929. The van der Waals surface area contributed by atoms with Gasteiger partial charge >= 0.3 is 6.09 Å².